The molecule has 1 aromatic rings. The van der Waals surface area contributed by atoms with Crippen LogP contribution in [-0.4, -0.2) is 34.8 Å². The zero-order valence-corrected chi connectivity index (χ0v) is 10.5. The molecule has 0 aliphatic rings. The molecule has 6 nitrogen and oxygen atoms in total. The normalized spacial score (nSPS) is 12.5. The topological polar surface area (TPSA) is 93.3 Å². The second kappa shape index (κ2) is 6.24. The molecule has 4 N–H and O–H groups in total. The van der Waals surface area contributed by atoms with E-state index in [0.717, 1.165) is 0 Å². The number of aliphatic hydroxyl groups is 1. The van der Waals surface area contributed by atoms with Gasteiger partial charge in [-0.1, -0.05) is 13.8 Å². The number of hydrogen-bond donors (Lipinski definition) is 3. The molecule has 0 saturated carbocycles. The first-order valence-corrected chi connectivity index (χ1v) is 5.62. The summed E-state index contributed by atoms with van der Waals surface area (Å²) in [5.41, 5.74) is 5.57. The first-order chi connectivity index (χ1) is 8.06. The van der Waals surface area contributed by atoms with Crippen molar-refractivity contribution in [3.8, 4) is 5.88 Å². The van der Waals surface area contributed by atoms with Crippen molar-refractivity contribution in [1.82, 2.24) is 9.97 Å². The Morgan fingerprint density at radius 2 is 2.18 bits per heavy atom. The molecule has 0 aromatic carbocycles. The van der Waals surface area contributed by atoms with Crippen LogP contribution in [0, 0.1) is 5.92 Å². The number of nitrogens with one attached hydrogen (secondary N) is 1. The third-order valence-electron chi connectivity index (χ3n) is 2.51. The molecule has 0 aliphatic heterocycles. The minimum atomic E-state index is 0.132. The zero-order valence-electron chi connectivity index (χ0n) is 10.5. The lowest BCUT2D eigenvalue weighted by molar-refractivity contribution is 0.267. The number of rotatable bonds is 6. The van der Waals surface area contributed by atoms with Gasteiger partial charge in [-0.25, -0.2) is 0 Å². The lowest BCUT2D eigenvalue weighted by Crippen LogP contribution is -2.27. The second-order valence-electron chi connectivity index (χ2n) is 4.16. The Balaban J connectivity index is 2.81. The molecule has 1 unspecified atom stereocenters. The van der Waals surface area contributed by atoms with Crippen LogP contribution in [0.4, 0.5) is 11.8 Å². The molecular formula is C11H20N4O2. The fourth-order valence-electron chi connectivity index (χ4n) is 1.52. The summed E-state index contributed by atoms with van der Waals surface area (Å²) in [5.74, 6) is 1.58. The summed E-state index contributed by atoms with van der Waals surface area (Å²) in [4.78, 5) is 7.99. The van der Waals surface area contributed by atoms with Crippen molar-refractivity contribution in [2.75, 3.05) is 24.8 Å². The molecule has 1 atom stereocenters. The first-order valence-electron chi connectivity index (χ1n) is 5.62. The number of anilines is 2. The van der Waals surface area contributed by atoms with Crippen LogP contribution in [0.3, 0.4) is 0 Å². The van der Waals surface area contributed by atoms with Crippen molar-refractivity contribution in [3.05, 3.63) is 6.07 Å². The van der Waals surface area contributed by atoms with Gasteiger partial charge in [0.15, 0.2) is 0 Å². The Kier molecular flexibility index (Phi) is 4.96. The summed E-state index contributed by atoms with van der Waals surface area (Å²) in [6.07, 6.45) is 0.657. The predicted molar refractivity (Wildman–Crippen MR) is 66.9 cm³/mol. The van der Waals surface area contributed by atoms with Gasteiger partial charge in [0.25, 0.3) is 0 Å². The van der Waals surface area contributed by atoms with Crippen LogP contribution in [0.5, 0.6) is 5.88 Å². The van der Waals surface area contributed by atoms with Gasteiger partial charge in [-0.15, -0.1) is 0 Å². The number of aromatic nitrogens is 2. The van der Waals surface area contributed by atoms with E-state index in [9.17, 15) is 0 Å². The Hall–Kier alpha value is -1.56. The average molecular weight is 240 g/mol. The van der Waals surface area contributed by atoms with E-state index < -0.39 is 0 Å². The Labute approximate surface area is 101 Å². The van der Waals surface area contributed by atoms with Gasteiger partial charge in [-0.05, 0) is 12.3 Å². The van der Waals surface area contributed by atoms with Crippen LogP contribution >= 0.6 is 0 Å². The van der Waals surface area contributed by atoms with E-state index in [4.69, 9.17) is 15.6 Å². The van der Waals surface area contributed by atoms with Crippen molar-refractivity contribution >= 4 is 11.8 Å². The molecule has 6 heteroatoms. The number of methoxy groups -OCH3 is 1. The Bertz CT molecular complexity index is 357. The zero-order chi connectivity index (χ0) is 12.8. The average Bonchev–Trinajstić information content (AvgIpc) is 2.27. The maximum atomic E-state index is 9.00. The summed E-state index contributed by atoms with van der Waals surface area (Å²) in [7, 11) is 1.53. The van der Waals surface area contributed by atoms with Gasteiger partial charge in [0.1, 0.15) is 5.82 Å². The van der Waals surface area contributed by atoms with E-state index in [1.54, 1.807) is 6.07 Å². The molecule has 0 fully saturated rings. The molecule has 1 aromatic heterocycles. The summed E-state index contributed by atoms with van der Waals surface area (Å²) >= 11 is 0. The number of nitrogens with zero attached hydrogens (tertiary/aromatic N) is 2. The van der Waals surface area contributed by atoms with Crippen LogP contribution in [-0.2, 0) is 0 Å². The molecule has 0 aliphatic carbocycles. The standard InChI is InChI=1S/C11H20N4O2/c1-7(2)8(4-5-16)13-9-6-10(17-3)15-11(12)14-9/h6-8,16H,4-5H2,1-3H3,(H3,12,13,14,15). The van der Waals surface area contributed by atoms with Crippen molar-refractivity contribution in [2.24, 2.45) is 5.92 Å². The van der Waals surface area contributed by atoms with Crippen molar-refractivity contribution in [1.29, 1.82) is 0 Å². The predicted octanol–water partition coefficient (Wildman–Crippen LogP) is 0.886. The van der Waals surface area contributed by atoms with Gasteiger partial charge in [0, 0.05) is 18.7 Å². The molecule has 0 radical (unpaired) electrons. The first kappa shape index (κ1) is 13.5. The van der Waals surface area contributed by atoms with Crippen molar-refractivity contribution in [2.45, 2.75) is 26.3 Å². The number of ether oxygens (including phenoxy) is 1. The molecule has 0 saturated heterocycles. The highest BCUT2D eigenvalue weighted by Gasteiger charge is 2.14. The fraction of sp³-hybridized carbons (Fsp3) is 0.636. The number of nitrogen functional groups attached to an aromatic ring is 1. The van der Waals surface area contributed by atoms with Crippen LogP contribution in [0.15, 0.2) is 6.07 Å². The Morgan fingerprint density at radius 1 is 1.47 bits per heavy atom. The monoisotopic (exact) mass is 240 g/mol. The van der Waals surface area contributed by atoms with Gasteiger partial charge in [0.2, 0.25) is 11.8 Å². The lowest BCUT2D eigenvalue weighted by atomic mass is 10.0. The van der Waals surface area contributed by atoms with E-state index in [2.05, 4.69) is 29.1 Å². The number of nitrogens with two attached hydrogens (primary N) is 1. The van der Waals surface area contributed by atoms with Gasteiger partial charge in [-0.2, -0.15) is 9.97 Å². The summed E-state index contributed by atoms with van der Waals surface area (Å²) in [6.45, 7) is 4.29. The molecule has 1 rings (SSSR count). The van der Waals surface area contributed by atoms with Gasteiger partial charge in [0.05, 0.1) is 7.11 Å². The minimum absolute atomic E-state index is 0.132. The van der Waals surface area contributed by atoms with Gasteiger partial charge in [-0.3, -0.25) is 0 Å². The summed E-state index contributed by atoms with van der Waals surface area (Å²) in [5, 5.41) is 12.2. The van der Waals surface area contributed by atoms with Crippen molar-refractivity contribution in [3.63, 3.8) is 0 Å². The molecular weight excluding hydrogens is 220 g/mol. The highest BCUT2D eigenvalue weighted by Crippen LogP contribution is 2.18. The van der Waals surface area contributed by atoms with Crippen molar-refractivity contribution < 1.29 is 9.84 Å². The molecule has 0 bridgehead atoms. The van der Waals surface area contributed by atoms with Crippen LogP contribution in [0.25, 0.3) is 0 Å². The van der Waals surface area contributed by atoms with E-state index in [-0.39, 0.29) is 18.6 Å². The minimum Gasteiger partial charge on any atom is -0.481 e. The largest absolute Gasteiger partial charge is 0.481 e. The maximum absolute atomic E-state index is 9.00. The van der Waals surface area contributed by atoms with Crippen LogP contribution in [0.2, 0.25) is 0 Å². The van der Waals surface area contributed by atoms with E-state index in [1.165, 1.54) is 7.11 Å². The van der Waals surface area contributed by atoms with E-state index in [0.29, 0.717) is 24.0 Å². The van der Waals surface area contributed by atoms with Gasteiger partial charge >= 0.3 is 0 Å². The third-order valence-corrected chi connectivity index (χ3v) is 2.51. The smallest absolute Gasteiger partial charge is 0.225 e. The second-order valence-corrected chi connectivity index (χ2v) is 4.16. The summed E-state index contributed by atoms with van der Waals surface area (Å²) in [6, 6.07) is 1.82. The maximum Gasteiger partial charge on any atom is 0.225 e. The SMILES string of the molecule is COc1cc(NC(CCO)C(C)C)nc(N)n1. The number of aliphatic hydroxyl groups excluding tert-OH is 1. The quantitative estimate of drug-likeness (QED) is 0.683. The fourth-order valence-corrected chi connectivity index (χ4v) is 1.52. The highest BCUT2D eigenvalue weighted by atomic mass is 16.5. The highest BCUT2D eigenvalue weighted by molar-refractivity contribution is 5.43. The van der Waals surface area contributed by atoms with E-state index >= 15 is 0 Å². The number of hydrogen-bond acceptors (Lipinski definition) is 6. The third kappa shape index (κ3) is 4.07. The van der Waals surface area contributed by atoms with Gasteiger partial charge < -0.3 is 20.9 Å². The molecule has 0 amide bonds. The van der Waals surface area contributed by atoms with Crippen LogP contribution in [0.1, 0.15) is 20.3 Å². The Morgan fingerprint density at radius 3 is 2.71 bits per heavy atom. The van der Waals surface area contributed by atoms with E-state index in [1.807, 2.05) is 0 Å². The molecule has 1 heterocycles. The molecule has 0 spiro atoms. The lowest BCUT2D eigenvalue weighted by Gasteiger charge is -2.22. The molecule has 17 heavy (non-hydrogen) atoms. The summed E-state index contributed by atoms with van der Waals surface area (Å²) < 4.78 is 5.02. The molecule has 96 valence electrons. The van der Waals surface area contributed by atoms with Crippen LogP contribution < -0.4 is 15.8 Å².